The van der Waals surface area contributed by atoms with Gasteiger partial charge in [0.2, 0.25) is 17.0 Å². The molecule has 1 aliphatic heterocycles. The van der Waals surface area contributed by atoms with Gasteiger partial charge in [-0.25, -0.2) is 4.98 Å². The number of hydrogen-bond acceptors (Lipinski definition) is 5. The topological polar surface area (TPSA) is 91.0 Å². The molecule has 1 atom stereocenters. The number of aromatic nitrogens is 3. The zero-order chi connectivity index (χ0) is 22.9. The van der Waals surface area contributed by atoms with Crippen molar-refractivity contribution in [2.24, 2.45) is 0 Å². The smallest absolute Gasteiger partial charge is 0.324 e. The summed E-state index contributed by atoms with van der Waals surface area (Å²) in [7, 11) is 0. The number of fused-ring (bicyclic) bond motifs is 1. The number of hydrogen-bond donors (Lipinski definition) is 2. The number of aromatic amines is 1. The maximum atomic E-state index is 13.8. The third-order valence-corrected chi connectivity index (χ3v) is 5.72. The predicted octanol–water partition coefficient (Wildman–Crippen LogP) is 4.18. The number of halogens is 3. The Bertz CT molecular complexity index is 1150. The van der Waals surface area contributed by atoms with Crippen molar-refractivity contribution in [3.63, 3.8) is 0 Å². The number of carbonyl (C=O) groups excluding carboxylic acids is 2. The highest BCUT2D eigenvalue weighted by Gasteiger charge is 2.48. The number of alkyl halides is 3. The number of nitrogens with one attached hydrogen (secondary N) is 2. The van der Waals surface area contributed by atoms with Crippen LogP contribution in [0, 0.1) is 6.92 Å². The number of aryl methyl sites for hydroxylation is 1. The molecule has 0 saturated carbocycles. The third kappa shape index (κ3) is 4.62. The van der Waals surface area contributed by atoms with E-state index in [1.54, 1.807) is 6.07 Å². The van der Waals surface area contributed by atoms with Gasteiger partial charge in [-0.2, -0.15) is 13.2 Å². The number of carbonyl (C=O) groups is 2. The van der Waals surface area contributed by atoms with Crippen LogP contribution in [0.25, 0.3) is 11.4 Å². The largest absolute Gasteiger partial charge is 0.409 e. The summed E-state index contributed by atoms with van der Waals surface area (Å²) in [5, 5.41) is 9.48. The lowest BCUT2D eigenvalue weighted by molar-refractivity contribution is -0.157. The van der Waals surface area contributed by atoms with Gasteiger partial charge in [-0.1, -0.05) is 53.7 Å². The van der Waals surface area contributed by atoms with Crippen LogP contribution in [-0.2, 0) is 9.59 Å². The second kappa shape index (κ2) is 8.65. The van der Waals surface area contributed by atoms with Gasteiger partial charge in [-0.15, -0.1) is 5.10 Å². The van der Waals surface area contributed by atoms with E-state index in [1.165, 1.54) is 18.2 Å². The van der Waals surface area contributed by atoms with E-state index in [-0.39, 0.29) is 22.3 Å². The van der Waals surface area contributed by atoms with Crippen LogP contribution in [0.5, 0.6) is 0 Å². The molecule has 2 aromatic carbocycles. The van der Waals surface area contributed by atoms with Gasteiger partial charge in [0.25, 0.3) is 0 Å². The van der Waals surface area contributed by atoms with Crippen LogP contribution >= 0.6 is 11.8 Å². The molecule has 3 aromatic rings. The molecule has 4 rings (SSSR count). The first-order valence-corrected chi connectivity index (χ1v) is 10.6. The van der Waals surface area contributed by atoms with E-state index in [2.05, 4.69) is 20.5 Å². The summed E-state index contributed by atoms with van der Waals surface area (Å²) in [5.41, 5.74) is 2.03. The molecule has 1 aliphatic rings. The molecule has 166 valence electrons. The summed E-state index contributed by atoms with van der Waals surface area (Å²) in [5.74, 6) is -1.45. The molecule has 0 aliphatic carbocycles. The molecule has 32 heavy (non-hydrogen) atoms. The molecule has 0 radical (unpaired) electrons. The molecule has 2 N–H and O–H groups in total. The van der Waals surface area contributed by atoms with Gasteiger partial charge in [0, 0.05) is 5.56 Å². The van der Waals surface area contributed by atoms with E-state index in [9.17, 15) is 22.8 Å². The van der Waals surface area contributed by atoms with E-state index in [0.29, 0.717) is 10.7 Å². The minimum atomic E-state index is -4.78. The molecule has 1 aromatic heterocycles. The first-order chi connectivity index (χ1) is 15.2. The number of nitrogens with zero attached hydrogens (tertiary/aromatic N) is 3. The van der Waals surface area contributed by atoms with Crippen molar-refractivity contribution in [1.29, 1.82) is 0 Å². The van der Waals surface area contributed by atoms with E-state index in [4.69, 9.17) is 0 Å². The molecule has 0 fully saturated rings. The predicted molar refractivity (Wildman–Crippen MR) is 114 cm³/mol. The maximum absolute atomic E-state index is 13.8. The number of H-pyrrole nitrogens is 1. The Kier molecular flexibility index (Phi) is 5.92. The van der Waals surface area contributed by atoms with E-state index >= 15 is 0 Å². The summed E-state index contributed by atoms with van der Waals surface area (Å²) in [4.78, 5) is 29.9. The molecular weight excluding hydrogens is 443 g/mol. The highest BCUT2D eigenvalue weighted by atomic mass is 32.2. The standard InChI is InChI=1S/C21H18F3N5O2S/c1-12-6-8-13(9-7-12)19-26-20(28-27-19)32-11-18(31)29-15-5-3-2-4-14(15)25-17(30)10-16(29)21(22,23)24/h2-9,16H,10-11H2,1H3,(H,25,30)(H,26,27,28). The van der Waals surface area contributed by atoms with E-state index < -0.39 is 30.5 Å². The summed E-state index contributed by atoms with van der Waals surface area (Å²) >= 11 is 0.918. The lowest BCUT2D eigenvalue weighted by Crippen LogP contribution is -2.50. The van der Waals surface area contributed by atoms with Crippen molar-refractivity contribution in [3.8, 4) is 11.4 Å². The molecule has 11 heteroatoms. The Morgan fingerprint density at radius 3 is 2.62 bits per heavy atom. The minimum Gasteiger partial charge on any atom is -0.324 e. The molecule has 7 nitrogen and oxygen atoms in total. The van der Waals surface area contributed by atoms with Gasteiger partial charge in [0.05, 0.1) is 23.5 Å². The Hall–Kier alpha value is -3.34. The van der Waals surface area contributed by atoms with Crippen LogP contribution in [0.1, 0.15) is 12.0 Å². The first-order valence-electron chi connectivity index (χ1n) is 9.62. The first kappa shape index (κ1) is 21.9. The second-order valence-electron chi connectivity index (χ2n) is 7.21. The van der Waals surface area contributed by atoms with Gasteiger partial charge in [0.15, 0.2) is 5.82 Å². The monoisotopic (exact) mass is 461 g/mol. The van der Waals surface area contributed by atoms with Crippen molar-refractivity contribution in [2.75, 3.05) is 16.0 Å². The normalized spacial score (nSPS) is 16.3. The van der Waals surface area contributed by atoms with Crippen LogP contribution in [0.4, 0.5) is 24.5 Å². The van der Waals surface area contributed by atoms with Crippen LogP contribution < -0.4 is 10.2 Å². The van der Waals surface area contributed by atoms with Gasteiger partial charge < -0.3 is 5.32 Å². The highest BCUT2D eigenvalue weighted by Crippen LogP contribution is 2.38. The van der Waals surface area contributed by atoms with Gasteiger partial charge in [0.1, 0.15) is 6.04 Å². The average Bonchev–Trinajstić information content (AvgIpc) is 3.15. The number of anilines is 2. The number of benzene rings is 2. The third-order valence-electron chi connectivity index (χ3n) is 4.89. The van der Waals surface area contributed by atoms with E-state index in [1.807, 2.05) is 31.2 Å². The fraction of sp³-hybridized carbons (Fsp3) is 0.238. The molecular formula is C21H18F3N5O2S. The molecule has 1 unspecified atom stereocenters. The molecule has 0 saturated heterocycles. The van der Waals surface area contributed by atoms with Crippen LogP contribution in [-0.4, -0.2) is 45.0 Å². The van der Waals surface area contributed by atoms with Crippen molar-refractivity contribution in [1.82, 2.24) is 15.2 Å². The minimum absolute atomic E-state index is 0.00149. The SMILES string of the molecule is Cc1ccc(-c2nc(SCC(=O)N3c4ccccc4NC(=O)CC3C(F)(F)F)n[nH]2)cc1. The Balaban J connectivity index is 1.56. The Labute approximate surface area is 185 Å². The van der Waals surface area contributed by atoms with Gasteiger partial charge >= 0.3 is 6.18 Å². The average molecular weight is 461 g/mol. The Morgan fingerprint density at radius 2 is 1.91 bits per heavy atom. The highest BCUT2D eigenvalue weighted by molar-refractivity contribution is 7.99. The zero-order valence-electron chi connectivity index (χ0n) is 16.8. The Morgan fingerprint density at radius 1 is 1.19 bits per heavy atom. The second-order valence-corrected chi connectivity index (χ2v) is 8.15. The molecule has 2 amide bonds. The van der Waals surface area contributed by atoms with Crippen molar-refractivity contribution in [3.05, 3.63) is 54.1 Å². The number of para-hydroxylation sites is 2. The fourth-order valence-electron chi connectivity index (χ4n) is 3.34. The van der Waals surface area contributed by atoms with Gasteiger partial charge in [-0.05, 0) is 19.1 Å². The maximum Gasteiger partial charge on any atom is 0.409 e. The van der Waals surface area contributed by atoms with Gasteiger partial charge in [-0.3, -0.25) is 19.6 Å². The summed E-state index contributed by atoms with van der Waals surface area (Å²) in [6.07, 6.45) is -5.66. The molecule has 0 bridgehead atoms. The van der Waals surface area contributed by atoms with Crippen molar-refractivity contribution >= 4 is 35.0 Å². The molecule has 2 heterocycles. The van der Waals surface area contributed by atoms with E-state index in [0.717, 1.165) is 22.9 Å². The zero-order valence-corrected chi connectivity index (χ0v) is 17.6. The number of amides is 2. The van der Waals surface area contributed by atoms with Crippen molar-refractivity contribution < 1.29 is 22.8 Å². The lowest BCUT2D eigenvalue weighted by atomic mass is 10.1. The molecule has 0 spiro atoms. The number of rotatable bonds is 4. The van der Waals surface area contributed by atoms with Crippen LogP contribution in [0.3, 0.4) is 0 Å². The lowest BCUT2D eigenvalue weighted by Gasteiger charge is -2.31. The number of thioether (sulfide) groups is 1. The summed E-state index contributed by atoms with van der Waals surface area (Å²) < 4.78 is 41.3. The quantitative estimate of drug-likeness (QED) is 0.569. The van der Waals surface area contributed by atoms with Crippen LogP contribution in [0.2, 0.25) is 0 Å². The van der Waals surface area contributed by atoms with Crippen LogP contribution in [0.15, 0.2) is 53.7 Å². The summed E-state index contributed by atoms with van der Waals surface area (Å²) in [6.45, 7) is 1.95. The fourth-order valence-corrected chi connectivity index (χ4v) is 4.00. The summed E-state index contributed by atoms with van der Waals surface area (Å²) in [6, 6.07) is 11.2. The van der Waals surface area contributed by atoms with Crippen molar-refractivity contribution in [2.45, 2.75) is 30.7 Å².